The molecule has 3 nitrogen and oxygen atoms in total. The van der Waals surface area contributed by atoms with Gasteiger partial charge in [0.1, 0.15) is 0 Å². The Bertz CT molecular complexity index is 416. The van der Waals surface area contributed by atoms with Crippen LogP contribution in [0, 0.1) is 5.92 Å². The van der Waals surface area contributed by atoms with E-state index >= 15 is 0 Å². The molecule has 0 radical (unpaired) electrons. The lowest BCUT2D eigenvalue weighted by Gasteiger charge is -2.36. The van der Waals surface area contributed by atoms with Crippen LogP contribution in [0.5, 0.6) is 0 Å². The minimum Gasteiger partial charge on any atom is -0.291 e. The van der Waals surface area contributed by atoms with Crippen LogP contribution in [-0.4, -0.2) is 16.6 Å². The number of hydrogen-bond donors (Lipinski definition) is 1. The lowest BCUT2D eigenvalue weighted by Crippen LogP contribution is -2.47. The molecule has 1 aromatic rings. The van der Waals surface area contributed by atoms with Crippen LogP contribution in [-0.2, 0) is 4.89 Å². The van der Waals surface area contributed by atoms with Crippen molar-refractivity contribution >= 4 is 5.78 Å². The zero-order chi connectivity index (χ0) is 16.4. The number of carbonyl (C=O) groups excluding carboxylic acids is 1. The minimum atomic E-state index is -1.12. The molecule has 0 saturated carbocycles. The lowest BCUT2D eigenvalue weighted by atomic mass is 9.74. The fourth-order valence-corrected chi connectivity index (χ4v) is 3.16. The monoisotopic (exact) mass is 306 g/mol. The molecule has 22 heavy (non-hydrogen) atoms. The van der Waals surface area contributed by atoms with Gasteiger partial charge in [-0.25, -0.2) is 4.89 Å². The van der Waals surface area contributed by atoms with Gasteiger partial charge in [-0.3, -0.25) is 10.1 Å². The highest BCUT2D eigenvalue weighted by Crippen LogP contribution is 2.36. The van der Waals surface area contributed by atoms with E-state index in [1.54, 1.807) is 12.1 Å². The van der Waals surface area contributed by atoms with Crippen molar-refractivity contribution in [2.24, 2.45) is 5.92 Å². The molecule has 3 heteroatoms. The number of benzene rings is 1. The van der Waals surface area contributed by atoms with Gasteiger partial charge in [-0.15, -0.1) is 0 Å². The number of unbranched alkanes of at least 4 members (excludes halogenated alkanes) is 2. The van der Waals surface area contributed by atoms with Crippen molar-refractivity contribution in [1.29, 1.82) is 0 Å². The zero-order valence-corrected chi connectivity index (χ0v) is 14.2. The van der Waals surface area contributed by atoms with Gasteiger partial charge in [0, 0.05) is 5.56 Å². The predicted molar refractivity (Wildman–Crippen MR) is 90.0 cm³/mol. The predicted octanol–water partition coefficient (Wildman–Crippen LogP) is 5.50. The molecule has 0 bridgehead atoms. The Kier molecular flexibility index (Phi) is 8.36. The van der Waals surface area contributed by atoms with Gasteiger partial charge < -0.3 is 0 Å². The van der Waals surface area contributed by atoms with Crippen molar-refractivity contribution < 1.29 is 14.9 Å². The van der Waals surface area contributed by atoms with E-state index < -0.39 is 5.60 Å². The van der Waals surface area contributed by atoms with Gasteiger partial charge in [-0.05, 0) is 25.2 Å². The van der Waals surface area contributed by atoms with Gasteiger partial charge in [-0.1, -0.05) is 76.8 Å². The maximum atomic E-state index is 13.0. The fourth-order valence-electron chi connectivity index (χ4n) is 3.16. The topological polar surface area (TPSA) is 46.5 Å². The molecule has 1 rings (SSSR count). The molecular weight excluding hydrogens is 276 g/mol. The molecule has 0 aliphatic rings. The Balaban J connectivity index is 3.10. The summed E-state index contributed by atoms with van der Waals surface area (Å²) in [6.45, 7) is 6.20. The van der Waals surface area contributed by atoms with Crippen molar-refractivity contribution in [3.8, 4) is 0 Å². The van der Waals surface area contributed by atoms with Gasteiger partial charge in [0.25, 0.3) is 0 Å². The summed E-state index contributed by atoms with van der Waals surface area (Å²) in [6.07, 6.45) is 6.53. The summed E-state index contributed by atoms with van der Waals surface area (Å²) in [5.74, 6) is -0.0505. The largest absolute Gasteiger partial charge is 0.291 e. The van der Waals surface area contributed by atoms with Crippen LogP contribution < -0.4 is 0 Å². The zero-order valence-electron chi connectivity index (χ0n) is 14.2. The van der Waals surface area contributed by atoms with E-state index in [9.17, 15) is 10.1 Å². The van der Waals surface area contributed by atoms with Gasteiger partial charge in [0.2, 0.25) is 0 Å². The van der Waals surface area contributed by atoms with E-state index in [1.807, 2.05) is 25.1 Å². The van der Waals surface area contributed by atoms with E-state index in [-0.39, 0.29) is 11.7 Å². The summed E-state index contributed by atoms with van der Waals surface area (Å²) < 4.78 is 0. The molecule has 0 fully saturated rings. The summed E-state index contributed by atoms with van der Waals surface area (Å²) >= 11 is 0. The number of rotatable bonds is 11. The highest BCUT2D eigenvalue weighted by atomic mass is 17.1. The summed E-state index contributed by atoms with van der Waals surface area (Å²) in [6, 6.07) is 9.16. The Hall–Kier alpha value is -1.19. The normalized spacial score (nSPS) is 14.0. The average Bonchev–Trinajstić information content (AvgIpc) is 2.58. The van der Waals surface area contributed by atoms with Gasteiger partial charge in [0.05, 0.1) is 0 Å². The van der Waals surface area contributed by atoms with Crippen molar-refractivity contribution in [3.63, 3.8) is 0 Å². The molecule has 0 amide bonds. The number of Topliss-reactive ketones (excluding diaryl/α,β-unsaturated/α-hetero) is 1. The van der Waals surface area contributed by atoms with E-state index in [1.165, 1.54) is 0 Å². The minimum absolute atomic E-state index is 0.0510. The Morgan fingerprint density at radius 1 is 1.09 bits per heavy atom. The first-order valence-electron chi connectivity index (χ1n) is 8.58. The smallest absolute Gasteiger partial charge is 0.198 e. The molecule has 1 atom stereocenters. The van der Waals surface area contributed by atoms with Crippen LogP contribution in [0.1, 0.15) is 76.1 Å². The van der Waals surface area contributed by atoms with E-state index in [2.05, 4.69) is 13.8 Å². The van der Waals surface area contributed by atoms with Gasteiger partial charge >= 0.3 is 0 Å². The second-order valence-electron chi connectivity index (χ2n) is 6.01. The SMILES string of the molecule is CCCCC(CCCC)C(CC)(OO)C(=O)c1ccccc1. The standard InChI is InChI=1S/C19H30O3/c1-4-7-14-17(15-8-5-2)19(6-3,22-21)18(20)16-12-10-9-11-13-16/h9-13,17,21H,4-8,14-15H2,1-3H3. The molecule has 1 unspecified atom stereocenters. The number of hydrogen-bond acceptors (Lipinski definition) is 3. The molecule has 1 N–H and O–H groups in total. The molecule has 0 aliphatic heterocycles. The fraction of sp³-hybridized carbons (Fsp3) is 0.632. The maximum Gasteiger partial charge on any atom is 0.198 e. The molecule has 0 heterocycles. The van der Waals surface area contributed by atoms with Crippen LogP contribution in [0.15, 0.2) is 30.3 Å². The van der Waals surface area contributed by atoms with E-state index in [0.29, 0.717) is 12.0 Å². The second-order valence-corrected chi connectivity index (χ2v) is 6.01. The highest BCUT2D eigenvalue weighted by Gasteiger charge is 2.45. The Morgan fingerprint density at radius 3 is 2.05 bits per heavy atom. The first kappa shape index (κ1) is 18.9. The third-order valence-corrected chi connectivity index (χ3v) is 4.58. The number of carbonyl (C=O) groups is 1. The van der Waals surface area contributed by atoms with Crippen molar-refractivity contribution in [3.05, 3.63) is 35.9 Å². The molecule has 1 aromatic carbocycles. The quantitative estimate of drug-likeness (QED) is 0.333. The second kappa shape index (κ2) is 9.75. The maximum absolute atomic E-state index is 13.0. The summed E-state index contributed by atoms with van der Waals surface area (Å²) in [7, 11) is 0. The molecule has 0 aliphatic carbocycles. The van der Waals surface area contributed by atoms with Gasteiger partial charge in [-0.2, -0.15) is 0 Å². The summed E-state index contributed by atoms with van der Waals surface area (Å²) in [4.78, 5) is 17.9. The average molecular weight is 306 g/mol. The van der Waals surface area contributed by atoms with Crippen molar-refractivity contribution in [2.45, 2.75) is 71.3 Å². The van der Waals surface area contributed by atoms with E-state index in [0.717, 1.165) is 38.5 Å². The first-order chi connectivity index (χ1) is 10.7. The Morgan fingerprint density at radius 2 is 1.64 bits per heavy atom. The first-order valence-corrected chi connectivity index (χ1v) is 8.58. The lowest BCUT2D eigenvalue weighted by molar-refractivity contribution is -0.320. The Labute approximate surface area is 134 Å². The van der Waals surface area contributed by atoms with Crippen molar-refractivity contribution in [2.75, 3.05) is 0 Å². The number of ketones is 1. The van der Waals surface area contributed by atoms with Gasteiger partial charge in [0.15, 0.2) is 11.4 Å². The molecule has 0 aromatic heterocycles. The summed E-state index contributed by atoms with van der Waals surface area (Å²) in [5.41, 5.74) is -0.512. The van der Waals surface area contributed by atoms with Crippen molar-refractivity contribution in [1.82, 2.24) is 0 Å². The molecule has 0 spiro atoms. The third-order valence-electron chi connectivity index (χ3n) is 4.58. The van der Waals surface area contributed by atoms with E-state index in [4.69, 9.17) is 4.89 Å². The molecule has 0 saturated heterocycles. The van der Waals surface area contributed by atoms with Crippen LogP contribution in [0.3, 0.4) is 0 Å². The molecular formula is C19H30O3. The van der Waals surface area contributed by atoms with Crippen LogP contribution in [0.2, 0.25) is 0 Å². The van der Waals surface area contributed by atoms with Crippen LogP contribution in [0.25, 0.3) is 0 Å². The molecule has 124 valence electrons. The van der Waals surface area contributed by atoms with Crippen LogP contribution >= 0.6 is 0 Å². The summed E-state index contributed by atoms with van der Waals surface area (Å²) in [5, 5.41) is 9.66. The highest BCUT2D eigenvalue weighted by molar-refractivity contribution is 6.02. The van der Waals surface area contributed by atoms with Crippen LogP contribution in [0.4, 0.5) is 0 Å². The third kappa shape index (κ3) is 4.40.